The summed E-state index contributed by atoms with van der Waals surface area (Å²) in [7, 11) is 0. The third kappa shape index (κ3) is 5.05. The van der Waals surface area contributed by atoms with Crippen molar-refractivity contribution in [1.82, 2.24) is 9.88 Å². The maximum absolute atomic E-state index is 9.44. The molecule has 1 aliphatic heterocycles. The predicted octanol–water partition coefficient (Wildman–Crippen LogP) is 3.26. The molecule has 128 valence electrons. The molecule has 1 N–H and O–H groups in total. The van der Waals surface area contributed by atoms with Crippen LogP contribution in [0.15, 0.2) is 48.8 Å². The molecule has 3 rings (SSSR count). The van der Waals surface area contributed by atoms with E-state index in [2.05, 4.69) is 22.0 Å². The topological polar surface area (TPSA) is 45.6 Å². The molecule has 24 heavy (non-hydrogen) atoms. The van der Waals surface area contributed by atoms with E-state index in [-0.39, 0.29) is 0 Å². The number of rotatable bonds is 6. The van der Waals surface area contributed by atoms with Crippen LogP contribution in [0.25, 0.3) is 0 Å². The van der Waals surface area contributed by atoms with Crippen LogP contribution in [0.2, 0.25) is 0 Å². The monoisotopic (exact) mass is 326 g/mol. The van der Waals surface area contributed by atoms with Crippen LogP contribution in [0.1, 0.15) is 30.4 Å². The maximum atomic E-state index is 9.44. The molecule has 0 radical (unpaired) electrons. The Morgan fingerprint density at radius 3 is 2.58 bits per heavy atom. The Balaban J connectivity index is 1.52. The van der Waals surface area contributed by atoms with Gasteiger partial charge in [0.2, 0.25) is 0 Å². The fourth-order valence-electron chi connectivity index (χ4n) is 3.20. The molecular weight excluding hydrogens is 300 g/mol. The highest BCUT2D eigenvalue weighted by molar-refractivity contribution is 5.27. The lowest BCUT2D eigenvalue weighted by Crippen LogP contribution is -2.29. The summed E-state index contributed by atoms with van der Waals surface area (Å²) < 4.78 is 5.82. The van der Waals surface area contributed by atoms with Crippen molar-refractivity contribution >= 4 is 0 Å². The molecule has 2 heterocycles. The molecule has 4 nitrogen and oxygen atoms in total. The third-order valence-corrected chi connectivity index (χ3v) is 4.60. The molecule has 1 saturated heterocycles. The van der Waals surface area contributed by atoms with Crippen molar-refractivity contribution in [3.05, 3.63) is 59.9 Å². The van der Waals surface area contributed by atoms with E-state index >= 15 is 0 Å². The first kappa shape index (κ1) is 16.9. The lowest BCUT2D eigenvalue weighted by Gasteiger charge is -2.23. The summed E-state index contributed by atoms with van der Waals surface area (Å²) >= 11 is 0. The fourth-order valence-corrected chi connectivity index (χ4v) is 3.20. The Morgan fingerprint density at radius 2 is 1.83 bits per heavy atom. The molecule has 0 bridgehead atoms. The van der Waals surface area contributed by atoms with Gasteiger partial charge in [0, 0.05) is 32.1 Å². The van der Waals surface area contributed by atoms with Crippen LogP contribution >= 0.6 is 0 Å². The number of hydrogen-bond donors (Lipinski definition) is 1. The Kier molecular flexibility index (Phi) is 6.21. The number of aliphatic hydroxyl groups excluding tert-OH is 1. The predicted molar refractivity (Wildman–Crippen MR) is 94.7 cm³/mol. The Hall–Kier alpha value is -1.91. The van der Waals surface area contributed by atoms with Gasteiger partial charge in [0.15, 0.2) is 0 Å². The Morgan fingerprint density at radius 1 is 1.04 bits per heavy atom. The van der Waals surface area contributed by atoms with Crippen molar-refractivity contribution in [2.24, 2.45) is 5.92 Å². The average Bonchev–Trinajstić information content (AvgIpc) is 2.87. The molecule has 1 aromatic heterocycles. The first-order valence-corrected chi connectivity index (χ1v) is 8.77. The van der Waals surface area contributed by atoms with Gasteiger partial charge in [-0.05, 0) is 60.7 Å². The van der Waals surface area contributed by atoms with Gasteiger partial charge in [-0.25, -0.2) is 0 Å². The summed E-state index contributed by atoms with van der Waals surface area (Å²) in [5, 5.41) is 9.44. The van der Waals surface area contributed by atoms with Gasteiger partial charge in [0.05, 0.1) is 0 Å². The number of aliphatic hydroxyl groups is 1. The molecule has 4 heteroatoms. The molecule has 2 aromatic rings. The highest BCUT2D eigenvalue weighted by Crippen LogP contribution is 2.20. The van der Waals surface area contributed by atoms with Crippen LogP contribution in [0.3, 0.4) is 0 Å². The number of hydrogen-bond acceptors (Lipinski definition) is 4. The fraction of sp³-hybridized carbons (Fsp3) is 0.450. The van der Waals surface area contributed by atoms with Crippen molar-refractivity contribution in [2.75, 3.05) is 19.7 Å². The third-order valence-electron chi connectivity index (χ3n) is 4.60. The molecule has 1 atom stereocenters. The van der Waals surface area contributed by atoms with Gasteiger partial charge in [0.1, 0.15) is 12.4 Å². The summed E-state index contributed by atoms with van der Waals surface area (Å²) in [5.41, 5.74) is 2.42. The Bertz CT molecular complexity index is 601. The minimum Gasteiger partial charge on any atom is -0.489 e. The molecule has 1 fully saturated rings. The van der Waals surface area contributed by atoms with E-state index in [1.807, 2.05) is 24.3 Å². The minimum atomic E-state index is 0.304. The van der Waals surface area contributed by atoms with Crippen LogP contribution < -0.4 is 4.74 Å². The Labute approximate surface area is 144 Å². The first-order chi connectivity index (χ1) is 11.8. The lowest BCUT2D eigenvalue weighted by atomic mass is 10.0. The van der Waals surface area contributed by atoms with Crippen LogP contribution in [0, 0.1) is 5.92 Å². The standard InChI is InChI=1S/C20H26N2O2/c23-15-19-3-1-2-12-22(14-19)13-17-4-6-20(7-5-17)24-16-18-8-10-21-11-9-18/h4-11,19,23H,1-3,12-16H2. The SMILES string of the molecule is OCC1CCCCN(Cc2ccc(OCc3ccncc3)cc2)C1. The van der Waals surface area contributed by atoms with E-state index in [0.29, 0.717) is 19.1 Å². The summed E-state index contributed by atoms with van der Waals surface area (Å²) in [4.78, 5) is 6.47. The van der Waals surface area contributed by atoms with Crippen molar-refractivity contribution < 1.29 is 9.84 Å². The zero-order valence-corrected chi connectivity index (χ0v) is 14.1. The molecule has 0 aliphatic carbocycles. The van der Waals surface area contributed by atoms with Crippen molar-refractivity contribution in [3.63, 3.8) is 0 Å². The number of pyridine rings is 1. The molecular formula is C20H26N2O2. The summed E-state index contributed by atoms with van der Waals surface area (Å²) in [5.74, 6) is 1.31. The molecule has 1 aliphatic rings. The second-order valence-electron chi connectivity index (χ2n) is 6.57. The minimum absolute atomic E-state index is 0.304. The molecule has 1 aromatic carbocycles. The lowest BCUT2D eigenvalue weighted by molar-refractivity contribution is 0.169. The van der Waals surface area contributed by atoms with Gasteiger partial charge in [-0.1, -0.05) is 18.6 Å². The highest BCUT2D eigenvalue weighted by atomic mass is 16.5. The van der Waals surface area contributed by atoms with Gasteiger partial charge in [-0.15, -0.1) is 0 Å². The maximum Gasteiger partial charge on any atom is 0.119 e. The summed E-state index contributed by atoms with van der Waals surface area (Å²) in [6.45, 7) is 3.93. The average molecular weight is 326 g/mol. The first-order valence-electron chi connectivity index (χ1n) is 8.77. The van der Waals surface area contributed by atoms with Crippen LogP contribution in [0.4, 0.5) is 0 Å². The number of aromatic nitrogens is 1. The van der Waals surface area contributed by atoms with Crippen molar-refractivity contribution in [3.8, 4) is 5.75 Å². The second kappa shape index (κ2) is 8.81. The number of benzene rings is 1. The normalized spacial score (nSPS) is 19.0. The molecule has 0 spiro atoms. The number of nitrogens with zero attached hydrogens (tertiary/aromatic N) is 2. The van der Waals surface area contributed by atoms with E-state index in [9.17, 15) is 5.11 Å². The van der Waals surface area contributed by atoms with Crippen molar-refractivity contribution in [1.29, 1.82) is 0 Å². The quantitative estimate of drug-likeness (QED) is 0.885. The zero-order chi connectivity index (χ0) is 16.6. The van der Waals surface area contributed by atoms with E-state index in [0.717, 1.165) is 37.4 Å². The molecule has 1 unspecified atom stereocenters. The van der Waals surface area contributed by atoms with E-state index in [1.54, 1.807) is 12.4 Å². The van der Waals surface area contributed by atoms with E-state index < -0.39 is 0 Å². The van der Waals surface area contributed by atoms with Gasteiger partial charge < -0.3 is 9.84 Å². The number of ether oxygens (including phenoxy) is 1. The zero-order valence-electron chi connectivity index (χ0n) is 14.1. The van der Waals surface area contributed by atoms with Crippen LogP contribution in [-0.2, 0) is 13.2 Å². The smallest absolute Gasteiger partial charge is 0.119 e. The summed E-state index contributed by atoms with van der Waals surface area (Å²) in [6, 6.07) is 12.3. The van der Waals surface area contributed by atoms with E-state index in [1.165, 1.54) is 18.4 Å². The largest absolute Gasteiger partial charge is 0.489 e. The summed E-state index contributed by atoms with van der Waals surface area (Å²) in [6.07, 6.45) is 7.16. The van der Waals surface area contributed by atoms with Gasteiger partial charge >= 0.3 is 0 Å². The van der Waals surface area contributed by atoms with Crippen molar-refractivity contribution in [2.45, 2.75) is 32.4 Å². The second-order valence-corrected chi connectivity index (χ2v) is 6.57. The van der Waals surface area contributed by atoms with Gasteiger partial charge in [0.25, 0.3) is 0 Å². The highest BCUT2D eigenvalue weighted by Gasteiger charge is 2.17. The van der Waals surface area contributed by atoms with E-state index in [4.69, 9.17) is 4.74 Å². The van der Waals surface area contributed by atoms with Crippen LogP contribution in [0.5, 0.6) is 5.75 Å². The molecule has 0 saturated carbocycles. The van der Waals surface area contributed by atoms with Crippen LogP contribution in [-0.4, -0.2) is 34.7 Å². The van der Waals surface area contributed by atoms with Gasteiger partial charge in [-0.3, -0.25) is 9.88 Å². The number of likely N-dealkylation sites (tertiary alicyclic amines) is 1. The molecule has 0 amide bonds. The van der Waals surface area contributed by atoms with Gasteiger partial charge in [-0.2, -0.15) is 0 Å².